The fraction of sp³-hybridized carbons (Fsp3) is 0.412. The molecule has 0 saturated carbocycles. The Bertz CT molecular complexity index is 848. The van der Waals surface area contributed by atoms with Crippen molar-refractivity contribution in [3.8, 4) is 11.6 Å². The summed E-state index contributed by atoms with van der Waals surface area (Å²) in [6, 6.07) is 7.72. The summed E-state index contributed by atoms with van der Waals surface area (Å²) in [6.07, 6.45) is 6.40. The van der Waals surface area contributed by atoms with E-state index < -0.39 is 0 Å². The van der Waals surface area contributed by atoms with E-state index in [1.165, 1.54) is 32.1 Å². The molecule has 3 aromatic heterocycles. The van der Waals surface area contributed by atoms with Gasteiger partial charge in [0.05, 0.1) is 0 Å². The maximum atomic E-state index is 6.22. The molecule has 0 aliphatic carbocycles. The molecule has 2 N–H and O–H groups in total. The molecule has 4 heterocycles. The first kappa shape index (κ1) is 15.5. The summed E-state index contributed by atoms with van der Waals surface area (Å²) in [4.78, 5) is 7.00. The summed E-state index contributed by atoms with van der Waals surface area (Å²) < 4.78 is 7.87. The van der Waals surface area contributed by atoms with E-state index in [0.29, 0.717) is 22.1 Å². The van der Waals surface area contributed by atoms with Crippen LogP contribution < -0.4 is 10.6 Å². The number of halogens is 1. The minimum absolute atomic E-state index is 0.539. The van der Waals surface area contributed by atoms with Crippen molar-refractivity contribution in [1.29, 1.82) is 0 Å². The third-order valence-corrected chi connectivity index (χ3v) is 4.89. The van der Waals surface area contributed by atoms with Gasteiger partial charge < -0.3 is 15.1 Å². The number of pyridine rings is 1. The van der Waals surface area contributed by atoms with Crippen LogP contribution in [0.4, 0.5) is 11.5 Å². The van der Waals surface area contributed by atoms with E-state index in [2.05, 4.69) is 37.0 Å². The van der Waals surface area contributed by atoms with Crippen LogP contribution in [-0.4, -0.2) is 27.7 Å². The van der Waals surface area contributed by atoms with Gasteiger partial charge in [-0.2, -0.15) is 4.52 Å². The molecule has 7 heteroatoms. The van der Waals surface area contributed by atoms with Crippen LogP contribution in [0.25, 0.3) is 17.2 Å². The van der Waals surface area contributed by atoms with Gasteiger partial charge in [0.25, 0.3) is 0 Å². The van der Waals surface area contributed by atoms with E-state index in [9.17, 15) is 0 Å². The normalized spacial score (nSPS) is 16.3. The van der Waals surface area contributed by atoms with Gasteiger partial charge in [0.15, 0.2) is 16.1 Å². The Balaban J connectivity index is 1.70. The summed E-state index contributed by atoms with van der Waals surface area (Å²) in [6.45, 7) is 2.14. The van der Waals surface area contributed by atoms with Crippen LogP contribution in [0.3, 0.4) is 0 Å². The third-order valence-electron chi connectivity index (χ3n) is 4.46. The predicted molar refractivity (Wildman–Crippen MR) is 98.1 cm³/mol. The molecule has 1 aliphatic rings. The number of furan rings is 1. The zero-order chi connectivity index (χ0) is 16.5. The molecule has 0 atom stereocenters. The maximum absolute atomic E-state index is 6.22. The number of nitrogen functional groups attached to an aromatic ring is 1. The second kappa shape index (κ2) is 6.47. The van der Waals surface area contributed by atoms with Crippen molar-refractivity contribution < 1.29 is 4.42 Å². The number of anilines is 2. The highest BCUT2D eigenvalue weighted by molar-refractivity contribution is 9.10. The van der Waals surface area contributed by atoms with Crippen LogP contribution >= 0.6 is 15.9 Å². The van der Waals surface area contributed by atoms with Gasteiger partial charge in [-0.1, -0.05) is 19.3 Å². The molecule has 0 amide bonds. The van der Waals surface area contributed by atoms with Crippen LogP contribution in [0.2, 0.25) is 0 Å². The first-order valence-electron chi connectivity index (χ1n) is 8.38. The van der Waals surface area contributed by atoms with E-state index in [0.717, 1.165) is 24.4 Å². The quantitative estimate of drug-likeness (QED) is 0.713. The summed E-state index contributed by atoms with van der Waals surface area (Å²) >= 11 is 3.30. The van der Waals surface area contributed by atoms with Gasteiger partial charge in [-0.05, 0) is 40.9 Å². The Hall–Kier alpha value is -2.02. The van der Waals surface area contributed by atoms with Crippen LogP contribution in [0.5, 0.6) is 0 Å². The highest BCUT2D eigenvalue weighted by atomic mass is 79.9. The Kier molecular flexibility index (Phi) is 4.18. The Morgan fingerprint density at radius 1 is 1.04 bits per heavy atom. The van der Waals surface area contributed by atoms with Crippen molar-refractivity contribution in [2.75, 3.05) is 23.7 Å². The molecule has 0 unspecified atom stereocenters. The molecule has 0 aromatic carbocycles. The van der Waals surface area contributed by atoms with E-state index in [-0.39, 0.29) is 0 Å². The van der Waals surface area contributed by atoms with Gasteiger partial charge in [0.1, 0.15) is 5.82 Å². The largest absolute Gasteiger partial charge is 0.446 e. The molecule has 126 valence electrons. The summed E-state index contributed by atoms with van der Waals surface area (Å²) in [5.41, 5.74) is 8.10. The molecule has 6 nitrogen and oxygen atoms in total. The topological polar surface area (TPSA) is 72.6 Å². The van der Waals surface area contributed by atoms with Crippen molar-refractivity contribution >= 4 is 33.1 Å². The Morgan fingerprint density at radius 3 is 2.50 bits per heavy atom. The van der Waals surface area contributed by atoms with Crippen molar-refractivity contribution in [1.82, 2.24) is 14.6 Å². The predicted octanol–water partition coefficient (Wildman–Crippen LogP) is 4.10. The lowest BCUT2D eigenvalue weighted by atomic mass is 10.1. The lowest BCUT2D eigenvalue weighted by molar-refractivity contribution is 0.551. The van der Waals surface area contributed by atoms with Crippen molar-refractivity contribution in [2.45, 2.75) is 32.1 Å². The molecule has 1 fully saturated rings. The van der Waals surface area contributed by atoms with Crippen LogP contribution in [0, 0.1) is 0 Å². The van der Waals surface area contributed by atoms with E-state index in [1.807, 2.05) is 18.2 Å². The lowest BCUT2D eigenvalue weighted by Crippen LogP contribution is -2.27. The number of hydrogen-bond acceptors (Lipinski definition) is 5. The molecule has 0 bridgehead atoms. The van der Waals surface area contributed by atoms with Crippen molar-refractivity contribution in [3.63, 3.8) is 0 Å². The van der Waals surface area contributed by atoms with Gasteiger partial charge in [-0.25, -0.2) is 4.98 Å². The molecule has 0 radical (unpaired) electrons. The smallest absolute Gasteiger partial charge is 0.218 e. The zero-order valence-electron chi connectivity index (χ0n) is 13.4. The number of nitrogens with two attached hydrogens (primary N) is 1. The Morgan fingerprint density at radius 2 is 1.79 bits per heavy atom. The highest BCUT2D eigenvalue weighted by Gasteiger charge is 2.15. The fourth-order valence-corrected chi connectivity index (χ4v) is 3.53. The Labute approximate surface area is 148 Å². The highest BCUT2D eigenvalue weighted by Crippen LogP contribution is 2.27. The average Bonchev–Trinajstić information content (AvgIpc) is 3.13. The first-order chi connectivity index (χ1) is 11.7. The molecule has 1 aliphatic heterocycles. The summed E-state index contributed by atoms with van der Waals surface area (Å²) in [5.74, 6) is 1.75. The number of nitrogens with zero attached hydrogens (tertiary/aromatic N) is 4. The summed E-state index contributed by atoms with van der Waals surface area (Å²) in [5, 5.41) is 4.46. The molecular formula is C17H20BrN5O. The second-order valence-electron chi connectivity index (χ2n) is 6.20. The van der Waals surface area contributed by atoms with Crippen molar-refractivity contribution in [3.05, 3.63) is 28.9 Å². The van der Waals surface area contributed by atoms with Crippen LogP contribution in [-0.2, 0) is 0 Å². The van der Waals surface area contributed by atoms with E-state index >= 15 is 0 Å². The van der Waals surface area contributed by atoms with Gasteiger partial charge >= 0.3 is 0 Å². The number of hydrogen-bond donors (Lipinski definition) is 1. The van der Waals surface area contributed by atoms with E-state index in [4.69, 9.17) is 10.2 Å². The van der Waals surface area contributed by atoms with Gasteiger partial charge in [0.2, 0.25) is 5.82 Å². The molecular weight excluding hydrogens is 370 g/mol. The SMILES string of the molecule is Nc1cc(N2CCCCCCC2)cc2nc(-c3ccc(Br)o3)nn12. The standard InChI is InChI=1S/C17H20BrN5O/c18-14-7-6-13(24-14)17-20-16-11-12(10-15(19)23(16)21-17)22-8-4-2-1-3-5-9-22/h6-7,10-11H,1-5,8-9,19H2. The van der Waals surface area contributed by atoms with Crippen LogP contribution in [0.1, 0.15) is 32.1 Å². The van der Waals surface area contributed by atoms with E-state index in [1.54, 1.807) is 4.52 Å². The molecule has 1 saturated heterocycles. The molecule has 3 aromatic rings. The first-order valence-corrected chi connectivity index (χ1v) is 9.17. The third kappa shape index (κ3) is 3.00. The monoisotopic (exact) mass is 389 g/mol. The lowest BCUT2D eigenvalue weighted by Gasteiger charge is -2.27. The summed E-state index contributed by atoms with van der Waals surface area (Å²) in [7, 11) is 0. The fourth-order valence-electron chi connectivity index (χ4n) is 3.22. The van der Waals surface area contributed by atoms with Crippen LogP contribution in [0.15, 0.2) is 33.4 Å². The maximum Gasteiger partial charge on any atom is 0.218 e. The van der Waals surface area contributed by atoms with Gasteiger partial charge in [0, 0.05) is 30.9 Å². The number of aromatic nitrogens is 3. The van der Waals surface area contributed by atoms with Gasteiger partial charge in [-0.15, -0.1) is 5.10 Å². The van der Waals surface area contributed by atoms with Crippen molar-refractivity contribution in [2.24, 2.45) is 0 Å². The zero-order valence-corrected chi connectivity index (χ0v) is 15.0. The molecule has 0 spiro atoms. The number of fused-ring (bicyclic) bond motifs is 1. The number of rotatable bonds is 2. The average molecular weight is 390 g/mol. The minimum Gasteiger partial charge on any atom is -0.446 e. The minimum atomic E-state index is 0.539. The molecule has 4 rings (SSSR count). The van der Waals surface area contributed by atoms with Gasteiger partial charge in [-0.3, -0.25) is 0 Å². The molecule has 24 heavy (non-hydrogen) atoms. The second-order valence-corrected chi connectivity index (χ2v) is 6.98.